The summed E-state index contributed by atoms with van der Waals surface area (Å²) in [6, 6.07) is 18.4. The quantitative estimate of drug-likeness (QED) is 0.853. The van der Waals surface area contributed by atoms with Gasteiger partial charge in [-0.3, -0.25) is 0 Å². The van der Waals surface area contributed by atoms with Crippen LogP contribution < -0.4 is 0 Å². The van der Waals surface area contributed by atoms with Crippen LogP contribution in [0.15, 0.2) is 72.1 Å². The molecule has 1 atom stereocenters. The number of hydrogen-bond donors (Lipinski definition) is 0. The monoisotopic (exact) mass is 327 g/mol. The maximum atomic E-state index is 13.0. The average Bonchev–Trinajstić information content (AvgIpc) is 2.62. The Balaban J connectivity index is 1.95. The molecule has 1 fully saturated rings. The van der Waals surface area contributed by atoms with E-state index in [0.29, 0.717) is 11.4 Å². The Labute approximate surface area is 138 Å². The van der Waals surface area contributed by atoms with Gasteiger partial charge in [-0.25, -0.2) is 8.42 Å². The molecule has 2 aromatic rings. The van der Waals surface area contributed by atoms with Gasteiger partial charge < -0.3 is 0 Å². The predicted molar refractivity (Wildman–Crippen MR) is 93.4 cm³/mol. The smallest absolute Gasteiger partial charge is 0.207 e. The summed E-state index contributed by atoms with van der Waals surface area (Å²) in [7, 11) is -3.49. The molecule has 0 N–H and O–H groups in total. The average molecular weight is 327 g/mol. The fourth-order valence-corrected chi connectivity index (χ4v) is 4.82. The summed E-state index contributed by atoms with van der Waals surface area (Å²) in [4.78, 5) is 0.354. The highest BCUT2D eigenvalue weighted by molar-refractivity contribution is 7.89. The van der Waals surface area contributed by atoms with Gasteiger partial charge in [0, 0.05) is 6.54 Å². The van der Waals surface area contributed by atoms with Crippen molar-refractivity contribution in [3.05, 3.63) is 72.8 Å². The van der Waals surface area contributed by atoms with E-state index in [1.165, 1.54) is 0 Å². The topological polar surface area (TPSA) is 37.4 Å². The van der Waals surface area contributed by atoms with E-state index in [2.05, 4.69) is 6.58 Å². The van der Waals surface area contributed by atoms with Crippen molar-refractivity contribution < 1.29 is 8.42 Å². The molecule has 0 aliphatic carbocycles. The molecule has 4 heteroatoms. The van der Waals surface area contributed by atoms with Gasteiger partial charge in [0.1, 0.15) is 0 Å². The van der Waals surface area contributed by atoms with E-state index in [9.17, 15) is 8.42 Å². The first-order chi connectivity index (χ1) is 11.1. The van der Waals surface area contributed by atoms with Crippen LogP contribution >= 0.6 is 0 Å². The second kappa shape index (κ2) is 6.69. The van der Waals surface area contributed by atoms with Crippen LogP contribution in [0.4, 0.5) is 0 Å². The van der Waals surface area contributed by atoms with E-state index < -0.39 is 10.0 Å². The highest BCUT2D eigenvalue weighted by Crippen LogP contribution is 2.32. The molecule has 1 aliphatic rings. The lowest BCUT2D eigenvalue weighted by Crippen LogP contribution is -2.44. The molecule has 0 amide bonds. The molecule has 23 heavy (non-hydrogen) atoms. The summed E-state index contributed by atoms with van der Waals surface area (Å²) in [5, 5.41) is 0. The van der Waals surface area contributed by atoms with Crippen LogP contribution in [0.2, 0.25) is 0 Å². The molecule has 2 aromatic carbocycles. The lowest BCUT2D eigenvalue weighted by molar-refractivity contribution is 0.299. The van der Waals surface area contributed by atoms with Crippen LogP contribution in [0.5, 0.6) is 0 Å². The van der Waals surface area contributed by atoms with Crippen molar-refractivity contribution in [2.24, 2.45) is 0 Å². The number of rotatable bonds is 4. The molecule has 0 radical (unpaired) electrons. The third kappa shape index (κ3) is 3.23. The van der Waals surface area contributed by atoms with Gasteiger partial charge in [0.25, 0.3) is 0 Å². The Morgan fingerprint density at radius 3 is 2.22 bits per heavy atom. The molecule has 0 spiro atoms. The molecule has 0 unspecified atom stereocenters. The van der Waals surface area contributed by atoms with Crippen molar-refractivity contribution in [1.29, 1.82) is 0 Å². The Hall–Kier alpha value is -1.91. The van der Waals surface area contributed by atoms with Crippen LogP contribution in [-0.4, -0.2) is 25.3 Å². The Kier molecular flexibility index (Phi) is 4.64. The van der Waals surface area contributed by atoms with Gasteiger partial charge in [-0.15, -0.1) is 0 Å². The molecule has 3 nitrogen and oxygen atoms in total. The first-order valence-corrected chi connectivity index (χ1v) is 9.36. The first kappa shape index (κ1) is 16.0. The molecule has 0 saturated carbocycles. The van der Waals surface area contributed by atoms with Crippen LogP contribution in [0.1, 0.15) is 24.8 Å². The summed E-state index contributed by atoms with van der Waals surface area (Å²) in [6.07, 6.45) is 2.74. The molecular formula is C19H21NO2S. The van der Waals surface area contributed by atoms with Gasteiger partial charge in [-0.05, 0) is 36.1 Å². The summed E-state index contributed by atoms with van der Waals surface area (Å²) < 4.78 is 27.7. The predicted octanol–water partition coefficient (Wildman–Crippen LogP) is 3.94. The second-order valence-corrected chi connectivity index (χ2v) is 7.72. The van der Waals surface area contributed by atoms with Gasteiger partial charge in [0.2, 0.25) is 10.0 Å². The number of sulfonamides is 1. The number of hydrogen-bond acceptors (Lipinski definition) is 2. The number of benzene rings is 2. The van der Waals surface area contributed by atoms with E-state index in [0.717, 1.165) is 30.4 Å². The van der Waals surface area contributed by atoms with Gasteiger partial charge in [0.15, 0.2) is 0 Å². The summed E-state index contributed by atoms with van der Waals surface area (Å²) in [5.41, 5.74) is 1.89. The largest absolute Gasteiger partial charge is 0.243 e. The van der Waals surface area contributed by atoms with Crippen molar-refractivity contribution in [3.8, 4) is 0 Å². The van der Waals surface area contributed by atoms with E-state index >= 15 is 0 Å². The maximum absolute atomic E-state index is 13.0. The van der Waals surface area contributed by atoms with Crippen molar-refractivity contribution in [1.82, 2.24) is 4.31 Å². The van der Waals surface area contributed by atoms with Crippen molar-refractivity contribution >= 4 is 15.6 Å². The van der Waals surface area contributed by atoms with Gasteiger partial charge in [-0.2, -0.15) is 4.31 Å². The first-order valence-electron chi connectivity index (χ1n) is 7.92. The van der Waals surface area contributed by atoms with E-state index in [4.69, 9.17) is 0 Å². The SMILES string of the molecule is C=C(c1ccccc1)[C@H]1CCCCN1S(=O)(=O)c1ccccc1. The molecule has 1 aliphatic heterocycles. The minimum absolute atomic E-state index is 0.170. The zero-order valence-electron chi connectivity index (χ0n) is 13.1. The molecular weight excluding hydrogens is 306 g/mol. The summed E-state index contributed by atoms with van der Waals surface area (Å²) in [6.45, 7) is 4.75. The number of nitrogens with zero attached hydrogens (tertiary/aromatic N) is 1. The van der Waals surface area contributed by atoms with Crippen molar-refractivity contribution in [3.63, 3.8) is 0 Å². The molecule has 120 valence electrons. The third-order valence-corrected chi connectivity index (χ3v) is 6.27. The van der Waals surface area contributed by atoms with Crippen LogP contribution in [0.3, 0.4) is 0 Å². The fourth-order valence-electron chi connectivity index (χ4n) is 3.11. The van der Waals surface area contributed by atoms with Gasteiger partial charge >= 0.3 is 0 Å². The molecule has 3 rings (SSSR count). The van der Waals surface area contributed by atoms with Crippen LogP contribution in [0.25, 0.3) is 5.57 Å². The normalized spacial score (nSPS) is 19.4. The molecule has 0 aromatic heterocycles. The summed E-state index contributed by atoms with van der Waals surface area (Å²) in [5.74, 6) is 0. The Morgan fingerprint density at radius 1 is 0.957 bits per heavy atom. The minimum atomic E-state index is -3.49. The lowest BCUT2D eigenvalue weighted by atomic mass is 9.93. The van der Waals surface area contributed by atoms with Gasteiger partial charge in [0.05, 0.1) is 10.9 Å². The van der Waals surface area contributed by atoms with E-state index in [1.807, 2.05) is 36.4 Å². The zero-order chi connectivity index (χ0) is 16.3. The molecule has 1 heterocycles. The third-order valence-electron chi connectivity index (χ3n) is 4.35. The number of piperidine rings is 1. The van der Waals surface area contributed by atoms with Crippen LogP contribution in [0, 0.1) is 0 Å². The van der Waals surface area contributed by atoms with E-state index in [-0.39, 0.29) is 6.04 Å². The van der Waals surface area contributed by atoms with Crippen LogP contribution in [-0.2, 0) is 10.0 Å². The Morgan fingerprint density at radius 2 is 1.57 bits per heavy atom. The molecule has 0 bridgehead atoms. The summed E-state index contributed by atoms with van der Waals surface area (Å²) >= 11 is 0. The van der Waals surface area contributed by atoms with E-state index in [1.54, 1.807) is 28.6 Å². The fraction of sp³-hybridized carbons (Fsp3) is 0.263. The second-order valence-electron chi connectivity index (χ2n) is 5.83. The van der Waals surface area contributed by atoms with Gasteiger partial charge in [-0.1, -0.05) is 61.5 Å². The highest BCUT2D eigenvalue weighted by Gasteiger charge is 2.35. The highest BCUT2D eigenvalue weighted by atomic mass is 32.2. The maximum Gasteiger partial charge on any atom is 0.243 e. The lowest BCUT2D eigenvalue weighted by Gasteiger charge is -2.36. The molecule has 1 saturated heterocycles. The standard InChI is InChI=1S/C19H21NO2S/c1-16(17-10-4-2-5-11-17)19-14-8-9-15-20(19)23(21,22)18-12-6-3-7-13-18/h2-7,10-13,19H,1,8-9,14-15H2/t19-/m1/s1. The zero-order valence-corrected chi connectivity index (χ0v) is 13.9. The minimum Gasteiger partial charge on any atom is -0.207 e. The van der Waals surface area contributed by atoms with Crippen molar-refractivity contribution in [2.75, 3.05) is 6.54 Å². The Bertz CT molecular complexity index is 770. The van der Waals surface area contributed by atoms with Crippen molar-refractivity contribution in [2.45, 2.75) is 30.2 Å².